The van der Waals surface area contributed by atoms with Crippen LogP contribution < -0.4 is 5.73 Å². The van der Waals surface area contributed by atoms with E-state index >= 15 is 0 Å². The van der Waals surface area contributed by atoms with Crippen LogP contribution in [0.15, 0.2) is 18.5 Å². The molecule has 0 spiro atoms. The molecule has 0 radical (unpaired) electrons. The SMILES string of the molecule is NC(=O)[C@H]1CC[C@@H](C2CCN(C(=O)c3cc[nH]c3)CC2)O1. The van der Waals surface area contributed by atoms with Crippen LogP contribution in [0.4, 0.5) is 0 Å². The lowest BCUT2D eigenvalue weighted by Crippen LogP contribution is -2.41. The Hall–Kier alpha value is -1.82. The highest BCUT2D eigenvalue weighted by molar-refractivity contribution is 5.94. The lowest BCUT2D eigenvalue weighted by molar-refractivity contribution is -0.130. The van der Waals surface area contributed by atoms with Gasteiger partial charge in [-0.05, 0) is 37.7 Å². The summed E-state index contributed by atoms with van der Waals surface area (Å²) in [5, 5.41) is 0. The summed E-state index contributed by atoms with van der Waals surface area (Å²) in [6.07, 6.45) is 6.65. The van der Waals surface area contributed by atoms with Gasteiger partial charge < -0.3 is 20.4 Å². The molecule has 2 amide bonds. The first-order valence-electron chi connectivity index (χ1n) is 7.52. The number of nitrogens with zero attached hydrogens (tertiary/aromatic N) is 1. The van der Waals surface area contributed by atoms with E-state index in [1.807, 2.05) is 4.90 Å². The highest BCUT2D eigenvalue weighted by Gasteiger charge is 2.36. The maximum absolute atomic E-state index is 12.2. The van der Waals surface area contributed by atoms with E-state index in [-0.39, 0.29) is 17.9 Å². The van der Waals surface area contributed by atoms with E-state index in [0.717, 1.165) is 38.8 Å². The van der Waals surface area contributed by atoms with E-state index in [2.05, 4.69) is 4.98 Å². The van der Waals surface area contributed by atoms with Gasteiger partial charge in [0.1, 0.15) is 6.10 Å². The quantitative estimate of drug-likeness (QED) is 0.867. The molecule has 1 aromatic heterocycles. The highest BCUT2D eigenvalue weighted by Crippen LogP contribution is 2.32. The van der Waals surface area contributed by atoms with Crippen molar-refractivity contribution in [1.82, 2.24) is 9.88 Å². The van der Waals surface area contributed by atoms with Crippen molar-refractivity contribution < 1.29 is 14.3 Å². The average Bonchev–Trinajstić information content (AvgIpc) is 3.18. The molecule has 2 fully saturated rings. The summed E-state index contributed by atoms with van der Waals surface area (Å²) in [4.78, 5) is 28.2. The van der Waals surface area contributed by atoms with Crippen molar-refractivity contribution >= 4 is 11.8 Å². The Bertz CT molecular complexity index is 506. The number of carbonyl (C=O) groups excluding carboxylic acids is 2. The van der Waals surface area contributed by atoms with Gasteiger partial charge in [0.2, 0.25) is 5.91 Å². The zero-order valence-electron chi connectivity index (χ0n) is 12.0. The minimum absolute atomic E-state index is 0.0806. The van der Waals surface area contributed by atoms with Gasteiger partial charge in [0.05, 0.1) is 11.7 Å². The Labute approximate surface area is 123 Å². The van der Waals surface area contributed by atoms with Crippen molar-refractivity contribution in [1.29, 1.82) is 0 Å². The van der Waals surface area contributed by atoms with Crippen molar-refractivity contribution in [3.8, 4) is 0 Å². The normalized spacial score (nSPS) is 27.0. The molecule has 0 bridgehead atoms. The molecule has 3 rings (SSSR count). The van der Waals surface area contributed by atoms with Gasteiger partial charge in [-0.1, -0.05) is 0 Å². The fourth-order valence-corrected chi connectivity index (χ4v) is 3.33. The van der Waals surface area contributed by atoms with Gasteiger partial charge in [-0.25, -0.2) is 0 Å². The van der Waals surface area contributed by atoms with Crippen LogP contribution in [-0.4, -0.2) is 47.0 Å². The summed E-state index contributed by atoms with van der Waals surface area (Å²) in [5.74, 6) is 0.138. The number of aromatic amines is 1. The van der Waals surface area contributed by atoms with Crippen LogP contribution in [0.1, 0.15) is 36.0 Å². The maximum atomic E-state index is 12.2. The summed E-state index contributed by atoms with van der Waals surface area (Å²) in [6.45, 7) is 1.49. The molecule has 2 aliphatic heterocycles. The van der Waals surface area contributed by atoms with Gasteiger partial charge in [-0.3, -0.25) is 9.59 Å². The van der Waals surface area contributed by atoms with Gasteiger partial charge in [-0.15, -0.1) is 0 Å². The molecule has 6 heteroatoms. The van der Waals surface area contributed by atoms with Crippen LogP contribution in [0.25, 0.3) is 0 Å². The molecule has 0 unspecified atom stereocenters. The summed E-state index contributed by atoms with van der Waals surface area (Å²) >= 11 is 0. The summed E-state index contributed by atoms with van der Waals surface area (Å²) in [6, 6.07) is 1.80. The molecule has 6 nitrogen and oxygen atoms in total. The second kappa shape index (κ2) is 5.89. The number of hydrogen-bond acceptors (Lipinski definition) is 3. The average molecular weight is 291 g/mol. The zero-order chi connectivity index (χ0) is 14.8. The molecule has 3 N–H and O–H groups in total. The molecular weight excluding hydrogens is 270 g/mol. The van der Waals surface area contributed by atoms with Crippen molar-refractivity contribution in [2.24, 2.45) is 11.7 Å². The number of H-pyrrole nitrogens is 1. The molecule has 2 aliphatic rings. The van der Waals surface area contributed by atoms with Gasteiger partial charge in [-0.2, -0.15) is 0 Å². The van der Waals surface area contributed by atoms with Crippen molar-refractivity contribution in [2.45, 2.75) is 37.9 Å². The lowest BCUT2D eigenvalue weighted by atomic mass is 9.89. The van der Waals surface area contributed by atoms with Gasteiger partial charge in [0, 0.05) is 25.5 Å². The number of nitrogens with one attached hydrogen (secondary N) is 1. The summed E-state index contributed by atoms with van der Waals surface area (Å²) in [5.41, 5.74) is 5.99. The van der Waals surface area contributed by atoms with E-state index in [1.165, 1.54) is 0 Å². The van der Waals surface area contributed by atoms with Gasteiger partial charge in [0.15, 0.2) is 0 Å². The number of carbonyl (C=O) groups is 2. The Kier molecular flexibility index (Phi) is 3.96. The number of ether oxygens (including phenoxy) is 1. The van der Waals surface area contributed by atoms with E-state index in [1.54, 1.807) is 18.5 Å². The predicted octanol–water partition coefficient (Wildman–Crippen LogP) is 0.900. The number of aromatic nitrogens is 1. The Morgan fingerprint density at radius 2 is 2.00 bits per heavy atom. The minimum atomic E-state index is -0.422. The number of hydrogen-bond donors (Lipinski definition) is 2. The zero-order valence-corrected chi connectivity index (χ0v) is 12.0. The van der Waals surface area contributed by atoms with Crippen LogP contribution in [-0.2, 0) is 9.53 Å². The maximum Gasteiger partial charge on any atom is 0.255 e. The number of nitrogens with two attached hydrogens (primary N) is 1. The number of rotatable bonds is 3. The first kappa shape index (κ1) is 14.1. The fourth-order valence-electron chi connectivity index (χ4n) is 3.33. The van der Waals surface area contributed by atoms with Crippen LogP contribution >= 0.6 is 0 Å². The topological polar surface area (TPSA) is 88.4 Å². The first-order valence-corrected chi connectivity index (χ1v) is 7.52. The molecular formula is C15H21N3O3. The molecule has 21 heavy (non-hydrogen) atoms. The molecule has 1 aromatic rings. The van der Waals surface area contributed by atoms with Crippen LogP contribution in [0.5, 0.6) is 0 Å². The Morgan fingerprint density at radius 1 is 1.24 bits per heavy atom. The monoisotopic (exact) mass is 291 g/mol. The summed E-state index contributed by atoms with van der Waals surface area (Å²) < 4.78 is 5.75. The standard InChI is InChI=1S/C15H21N3O3/c16-14(19)13-2-1-12(21-13)10-4-7-18(8-5-10)15(20)11-3-6-17-9-11/h3,6,9-10,12-13,17H,1-2,4-5,7-8H2,(H2,16,19)/t12-,13+/m0/s1. The van der Waals surface area contributed by atoms with Crippen molar-refractivity contribution in [3.05, 3.63) is 24.0 Å². The van der Waals surface area contributed by atoms with Crippen LogP contribution in [0.2, 0.25) is 0 Å². The van der Waals surface area contributed by atoms with E-state index in [9.17, 15) is 9.59 Å². The molecule has 3 heterocycles. The third-order valence-corrected chi connectivity index (χ3v) is 4.57. The number of amides is 2. The first-order chi connectivity index (χ1) is 10.1. The second-order valence-corrected chi connectivity index (χ2v) is 5.87. The molecule has 0 aromatic carbocycles. The highest BCUT2D eigenvalue weighted by atomic mass is 16.5. The lowest BCUT2D eigenvalue weighted by Gasteiger charge is -2.34. The van der Waals surface area contributed by atoms with Crippen molar-refractivity contribution in [3.63, 3.8) is 0 Å². The van der Waals surface area contributed by atoms with E-state index in [0.29, 0.717) is 11.5 Å². The van der Waals surface area contributed by atoms with Crippen molar-refractivity contribution in [2.75, 3.05) is 13.1 Å². The predicted molar refractivity (Wildman–Crippen MR) is 76.5 cm³/mol. The minimum Gasteiger partial charge on any atom is -0.367 e. The van der Waals surface area contributed by atoms with Crippen LogP contribution in [0.3, 0.4) is 0 Å². The Morgan fingerprint density at radius 3 is 2.57 bits per heavy atom. The largest absolute Gasteiger partial charge is 0.367 e. The molecule has 0 saturated carbocycles. The Balaban J connectivity index is 1.52. The van der Waals surface area contributed by atoms with Gasteiger partial charge in [0.25, 0.3) is 5.91 Å². The van der Waals surface area contributed by atoms with E-state index in [4.69, 9.17) is 10.5 Å². The molecule has 0 aliphatic carbocycles. The third kappa shape index (κ3) is 2.95. The molecule has 114 valence electrons. The third-order valence-electron chi connectivity index (χ3n) is 4.57. The molecule has 2 atom stereocenters. The number of piperidine rings is 1. The van der Waals surface area contributed by atoms with E-state index < -0.39 is 6.10 Å². The smallest absolute Gasteiger partial charge is 0.255 e. The fraction of sp³-hybridized carbons (Fsp3) is 0.600. The second-order valence-electron chi connectivity index (χ2n) is 5.87. The van der Waals surface area contributed by atoms with Gasteiger partial charge >= 0.3 is 0 Å². The van der Waals surface area contributed by atoms with Crippen LogP contribution in [0, 0.1) is 5.92 Å². The molecule has 2 saturated heterocycles. The summed E-state index contributed by atoms with van der Waals surface area (Å²) in [7, 11) is 0. The number of primary amides is 1. The number of likely N-dealkylation sites (tertiary alicyclic amines) is 1.